The second-order valence-electron chi connectivity index (χ2n) is 6.64. The Labute approximate surface area is 153 Å². The molecule has 2 N–H and O–H groups in total. The first-order chi connectivity index (χ1) is 12.4. The molecule has 1 fully saturated rings. The van der Waals surface area contributed by atoms with Crippen molar-refractivity contribution in [1.82, 2.24) is 5.32 Å². The van der Waals surface area contributed by atoms with Crippen LogP contribution < -0.4 is 14.8 Å². The number of methoxy groups -OCH3 is 2. The van der Waals surface area contributed by atoms with Crippen molar-refractivity contribution in [2.75, 3.05) is 40.6 Å². The number of aliphatic hydroxyl groups excluding tert-OH is 1. The van der Waals surface area contributed by atoms with Crippen LogP contribution in [0.5, 0.6) is 11.5 Å². The Morgan fingerprint density at radius 1 is 1.19 bits per heavy atom. The SMILES string of the molecule is COc1cc(CC(=O)NCC2(CO)CCOCC2)c(C(C)=O)cc1OC. The molecular formula is C19H27NO6. The molecule has 0 bridgehead atoms. The summed E-state index contributed by atoms with van der Waals surface area (Å²) in [4.78, 5) is 24.4. The minimum absolute atomic E-state index is 0.00565. The van der Waals surface area contributed by atoms with Crippen molar-refractivity contribution >= 4 is 11.7 Å². The molecule has 0 saturated carbocycles. The van der Waals surface area contributed by atoms with Crippen LogP contribution in [0.4, 0.5) is 0 Å². The van der Waals surface area contributed by atoms with Crippen LogP contribution in [-0.4, -0.2) is 57.4 Å². The van der Waals surface area contributed by atoms with Crippen molar-refractivity contribution in [2.45, 2.75) is 26.2 Å². The Morgan fingerprint density at radius 3 is 2.35 bits per heavy atom. The summed E-state index contributed by atoms with van der Waals surface area (Å²) in [6.45, 7) is 3.01. The number of aliphatic hydroxyl groups is 1. The van der Waals surface area contributed by atoms with Crippen LogP contribution in [0.3, 0.4) is 0 Å². The molecular weight excluding hydrogens is 338 g/mol. The zero-order valence-corrected chi connectivity index (χ0v) is 15.6. The van der Waals surface area contributed by atoms with E-state index in [1.807, 2.05) is 0 Å². The van der Waals surface area contributed by atoms with Crippen molar-refractivity contribution in [3.05, 3.63) is 23.3 Å². The first kappa shape index (κ1) is 20.2. The maximum Gasteiger partial charge on any atom is 0.224 e. The van der Waals surface area contributed by atoms with Gasteiger partial charge in [-0.3, -0.25) is 9.59 Å². The quantitative estimate of drug-likeness (QED) is 0.676. The van der Waals surface area contributed by atoms with Crippen LogP contribution in [-0.2, 0) is 16.0 Å². The topological polar surface area (TPSA) is 94.1 Å². The largest absolute Gasteiger partial charge is 0.493 e. The number of carbonyl (C=O) groups is 2. The van der Waals surface area contributed by atoms with E-state index in [0.717, 1.165) is 0 Å². The van der Waals surface area contributed by atoms with Crippen molar-refractivity contribution in [2.24, 2.45) is 5.41 Å². The molecule has 1 aliphatic rings. The van der Waals surface area contributed by atoms with E-state index in [9.17, 15) is 14.7 Å². The summed E-state index contributed by atoms with van der Waals surface area (Å²) < 4.78 is 15.8. The molecule has 144 valence electrons. The van der Waals surface area contributed by atoms with Crippen LogP contribution in [0.2, 0.25) is 0 Å². The fourth-order valence-electron chi connectivity index (χ4n) is 3.11. The summed E-state index contributed by atoms with van der Waals surface area (Å²) in [5.74, 6) is 0.559. The molecule has 0 unspecified atom stereocenters. The van der Waals surface area contributed by atoms with Crippen LogP contribution >= 0.6 is 0 Å². The van der Waals surface area contributed by atoms with Crippen molar-refractivity contribution in [1.29, 1.82) is 0 Å². The minimum atomic E-state index is -0.338. The van der Waals surface area contributed by atoms with Crippen LogP contribution in [0.15, 0.2) is 12.1 Å². The summed E-state index contributed by atoms with van der Waals surface area (Å²) in [5, 5.41) is 12.6. The van der Waals surface area contributed by atoms with Crippen molar-refractivity contribution < 1.29 is 28.9 Å². The van der Waals surface area contributed by atoms with Gasteiger partial charge in [0.1, 0.15) is 0 Å². The summed E-state index contributed by atoms with van der Waals surface area (Å²) in [6, 6.07) is 3.25. The van der Waals surface area contributed by atoms with Gasteiger partial charge in [-0.15, -0.1) is 0 Å². The molecule has 0 radical (unpaired) electrons. The molecule has 0 aromatic heterocycles. The molecule has 1 aromatic rings. The molecule has 1 aliphatic heterocycles. The molecule has 7 nitrogen and oxygen atoms in total. The zero-order valence-electron chi connectivity index (χ0n) is 15.6. The molecule has 0 aliphatic carbocycles. The fraction of sp³-hybridized carbons (Fsp3) is 0.579. The molecule has 7 heteroatoms. The molecule has 0 spiro atoms. The third-order valence-corrected chi connectivity index (χ3v) is 4.89. The zero-order chi connectivity index (χ0) is 19.2. The molecule has 26 heavy (non-hydrogen) atoms. The van der Waals surface area contributed by atoms with Gasteiger partial charge in [-0.05, 0) is 37.5 Å². The van der Waals surface area contributed by atoms with E-state index in [1.54, 1.807) is 12.1 Å². The number of nitrogens with one attached hydrogen (secondary N) is 1. The first-order valence-corrected chi connectivity index (χ1v) is 8.66. The number of amides is 1. The van der Waals surface area contributed by atoms with E-state index >= 15 is 0 Å². The van der Waals surface area contributed by atoms with Gasteiger partial charge in [-0.1, -0.05) is 0 Å². The molecule has 1 amide bonds. The summed E-state index contributed by atoms with van der Waals surface area (Å²) in [5.41, 5.74) is 0.674. The highest BCUT2D eigenvalue weighted by atomic mass is 16.5. The third kappa shape index (κ3) is 4.74. The lowest BCUT2D eigenvalue weighted by Crippen LogP contribution is -2.44. The number of hydrogen-bond donors (Lipinski definition) is 2. The van der Waals surface area contributed by atoms with Gasteiger partial charge in [0, 0.05) is 30.7 Å². The number of benzene rings is 1. The number of ether oxygens (including phenoxy) is 3. The second kappa shape index (κ2) is 9.00. The van der Waals surface area contributed by atoms with Gasteiger partial charge in [0.05, 0.1) is 27.2 Å². The van der Waals surface area contributed by atoms with Crippen molar-refractivity contribution in [3.63, 3.8) is 0 Å². The lowest BCUT2D eigenvalue weighted by molar-refractivity contribution is -0.121. The molecule has 1 aromatic carbocycles. The van der Waals surface area contributed by atoms with Gasteiger partial charge >= 0.3 is 0 Å². The summed E-state index contributed by atoms with van der Waals surface area (Å²) in [6.07, 6.45) is 1.46. The van der Waals surface area contributed by atoms with Gasteiger partial charge in [0.15, 0.2) is 17.3 Å². The Balaban J connectivity index is 2.11. The monoisotopic (exact) mass is 365 g/mol. The van der Waals surface area contributed by atoms with E-state index in [0.29, 0.717) is 55.2 Å². The van der Waals surface area contributed by atoms with Crippen molar-refractivity contribution in [3.8, 4) is 11.5 Å². The average Bonchev–Trinajstić information content (AvgIpc) is 2.66. The van der Waals surface area contributed by atoms with E-state index in [-0.39, 0.29) is 30.1 Å². The highest BCUT2D eigenvalue weighted by Gasteiger charge is 2.32. The number of rotatable bonds is 8. The highest BCUT2D eigenvalue weighted by molar-refractivity contribution is 5.97. The average molecular weight is 365 g/mol. The lowest BCUT2D eigenvalue weighted by atomic mass is 9.81. The minimum Gasteiger partial charge on any atom is -0.493 e. The summed E-state index contributed by atoms with van der Waals surface area (Å²) in [7, 11) is 3.00. The Hall–Kier alpha value is -2.12. The molecule has 2 rings (SSSR count). The number of carbonyl (C=O) groups excluding carboxylic acids is 2. The smallest absolute Gasteiger partial charge is 0.224 e. The Kier molecular flexibility index (Phi) is 6.99. The highest BCUT2D eigenvalue weighted by Crippen LogP contribution is 2.32. The van der Waals surface area contributed by atoms with Crippen LogP contribution in [0.25, 0.3) is 0 Å². The second-order valence-corrected chi connectivity index (χ2v) is 6.64. The maximum absolute atomic E-state index is 12.4. The first-order valence-electron chi connectivity index (χ1n) is 8.66. The molecule has 1 saturated heterocycles. The normalized spacial score (nSPS) is 16.0. The van der Waals surface area contributed by atoms with E-state index in [4.69, 9.17) is 14.2 Å². The number of ketones is 1. The Bertz CT molecular complexity index is 652. The van der Waals surface area contributed by atoms with Crippen LogP contribution in [0.1, 0.15) is 35.7 Å². The van der Waals surface area contributed by atoms with Gasteiger partial charge in [0.2, 0.25) is 5.91 Å². The van der Waals surface area contributed by atoms with E-state index < -0.39 is 0 Å². The molecule has 0 atom stereocenters. The van der Waals surface area contributed by atoms with Crippen LogP contribution in [0, 0.1) is 5.41 Å². The van der Waals surface area contributed by atoms with Gasteiger partial charge in [0.25, 0.3) is 0 Å². The number of hydrogen-bond acceptors (Lipinski definition) is 6. The summed E-state index contributed by atoms with van der Waals surface area (Å²) >= 11 is 0. The van der Waals surface area contributed by atoms with Gasteiger partial charge in [-0.2, -0.15) is 0 Å². The predicted octanol–water partition coefficient (Wildman–Crippen LogP) is 1.35. The number of Topliss-reactive ketones (excluding diaryl/α,β-unsaturated/α-hetero) is 1. The van der Waals surface area contributed by atoms with E-state index in [2.05, 4.69) is 5.32 Å². The predicted molar refractivity (Wildman–Crippen MR) is 95.8 cm³/mol. The third-order valence-electron chi connectivity index (χ3n) is 4.89. The van der Waals surface area contributed by atoms with Gasteiger partial charge < -0.3 is 24.6 Å². The standard InChI is InChI=1S/C19H27NO6/c1-13(22)15-10-17(25-3)16(24-2)8-14(15)9-18(23)20-11-19(12-21)4-6-26-7-5-19/h8,10,21H,4-7,9,11-12H2,1-3H3,(H,20,23). The maximum atomic E-state index is 12.4. The molecule has 1 heterocycles. The lowest BCUT2D eigenvalue weighted by Gasteiger charge is -2.35. The van der Waals surface area contributed by atoms with E-state index in [1.165, 1.54) is 21.1 Å². The Morgan fingerprint density at radius 2 is 1.81 bits per heavy atom. The fourth-order valence-corrected chi connectivity index (χ4v) is 3.11. The van der Waals surface area contributed by atoms with Gasteiger partial charge in [-0.25, -0.2) is 0 Å².